The molecule has 0 amide bonds. The monoisotopic (exact) mass is 544 g/mol. The van der Waals surface area contributed by atoms with Gasteiger partial charge in [-0.1, -0.05) is 72.1 Å². The Balaban J connectivity index is 1.68. The number of hydrogen-bond acceptors (Lipinski definition) is 8. The van der Waals surface area contributed by atoms with Crippen LogP contribution in [-0.4, -0.2) is 34.7 Å². The van der Waals surface area contributed by atoms with Crippen molar-refractivity contribution in [1.29, 1.82) is 0 Å². The van der Waals surface area contributed by atoms with E-state index in [-0.39, 0.29) is 0 Å². The maximum atomic E-state index is 6.43. The zero-order chi connectivity index (χ0) is 23.9. The SMILES string of the molecule is CCCCCCSc1nnc2c(n1)OC(c1cc(OCC)c(OC)cc1Br)Nc1ccccc1-2. The summed E-state index contributed by atoms with van der Waals surface area (Å²) in [4.78, 5) is 4.74. The van der Waals surface area contributed by atoms with E-state index in [1.54, 1.807) is 18.9 Å². The van der Waals surface area contributed by atoms with Crippen LogP contribution in [0.5, 0.6) is 17.4 Å². The lowest BCUT2D eigenvalue weighted by Crippen LogP contribution is -2.18. The summed E-state index contributed by atoms with van der Waals surface area (Å²) in [5, 5.41) is 13.0. The molecule has 1 aromatic heterocycles. The van der Waals surface area contributed by atoms with Gasteiger partial charge in [0, 0.05) is 27.0 Å². The first-order valence-corrected chi connectivity index (χ1v) is 13.3. The third-order valence-corrected chi connectivity index (χ3v) is 7.04. The molecule has 0 bridgehead atoms. The van der Waals surface area contributed by atoms with Gasteiger partial charge >= 0.3 is 0 Å². The summed E-state index contributed by atoms with van der Waals surface area (Å²) in [6.45, 7) is 4.68. The van der Waals surface area contributed by atoms with E-state index in [1.165, 1.54) is 19.3 Å². The van der Waals surface area contributed by atoms with E-state index in [1.807, 2.05) is 43.3 Å². The molecule has 34 heavy (non-hydrogen) atoms. The van der Waals surface area contributed by atoms with Crippen molar-refractivity contribution in [1.82, 2.24) is 15.2 Å². The van der Waals surface area contributed by atoms with Gasteiger partial charge in [0.15, 0.2) is 23.4 Å². The van der Waals surface area contributed by atoms with Crippen molar-refractivity contribution >= 4 is 33.4 Å². The van der Waals surface area contributed by atoms with Gasteiger partial charge in [0.05, 0.1) is 13.7 Å². The molecule has 3 aromatic rings. The molecule has 4 rings (SSSR count). The molecule has 7 nitrogen and oxygen atoms in total. The van der Waals surface area contributed by atoms with E-state index in [0.717, 1.165) is 33.5 Å². The maximum Gasteiger partial charge on any atom is 0.247 e. The molecule has 1 unspecified atom stereocenters. The Labute approximate surface area is 213 Å². The van der Waals surface area contributed by atoms with E-state index in [0.29, 0.717) is 34.8 Å². The number of nitrogens with zero attached hydrogens (tertiary/aromatic N) is 3. The highest BCUT2D eigenvalue weighted by Gasteiger charge is 2.28. The van der Waals surface area contributed by atoms with Gasteiger partial charge in [-0.05, 0) is 31.5 Å². The van der Waals surface area contributed by atoms with Gasteiger partial charge in [0.2, 0.25) is 11.0 Å². The Morgan fingerprint density at radius 1 is 1.09 bits per heavy atom. The molecule has 1 aliphatic rings. The number of thioether (sulfide) groups is 1. The molecule has 0 aliphatic carbocycles. The fraction of sp³-hybridized carbons (Fsp3) is 0.400. The number of unbranched alkanes of at least 4 members (excludes halogenated alkanes) is 3. The zero-order valence-corrected chi connectivity index (χ0v) is 22.0. The first kappa shape index (κ1) is 24.6. The summed E-state index contributed by atoms with van der Waals surface area (Å²) in [7, 11) is 1.63. The van der Waals surface area contributed by atoms with Gasteiger partial charge in [0.1, 0.15) is 0 Å². The predicted molar refractivity (Wildman–Crippen MR) is 139 cm³/mol. The number of para-hydroxylation sites is 1. The topological polar surface area (TPSA) is 78.4 Å². The average Bonchev–Trinajstić information content (AvgIpc) is 3.01. The van der Waals surface area contributed by atoms with Crippen LogP contribution in [0, 0.1) is 0 Å². The zero-order valence-electron chi connectivity index (χ0n) is 19.6. The minimum atomic E-state index is -0.527. The highest BCUT2D eigenvalue weighted by molar-refractivity contribution is 9.10. The number of methoxy groups -OCH3 is 1. The van der Waals surface area contributed by atoms with Gasteiger partial charge in [-0.3, -0.25) is 0 Å². The van der Waals surface area contributed by atoms with E-state index in [2.05, 4.69) is 38.4 Å². The van der Waals surface area contributed by atoms with E-state index < -0.39 is 6.23 Å². The number of halogens is 1. The van der Waals surface area contributed by atoms with Gasteiger partial charge in [0.25, 0.3) is 0 Å². The Morgan fingerprint density at radius 2 is 1.94 bits per heavy atom. The highest BCUT2D eigenvalue weighted by atomic mass is 79.9. The summed E-state index contributed by atoms with van der Waals surface area (Å²) in [6.07, 6.45) is 4.28. The number of aromatic nitrogens is 3. The number of fused-ring (bicyclic) bond motifs is 3. The molecule has 180 valence electrons. The molecule has 1 N–H and O–H groups in total. The lowest BCUT2D eigenvalue weighted by atomic mass is 10.1. The van der Waals surface area contributed by atoms with Crippen molar-refractivity contribution in [3.05, 3.63) is 46.4 Å². The van der Waals surface area contributed by atoms with Crippen LogP contribution in [0.4, 0.5) is 5.69 Å². The Morgan fingerprint density at radius 3 is 2.74 bits per heavy atom. The van der Waals surface area contributed by atoms with E-state index >= 15 is 0 Å². The van der Waals surface area contributed by atoms with Crippen LogP contribution in [0.3, 0.4) is 0 Å². The van der Waals surface area contributed by atoms with Gasteiger partial charge in [-0.25, -0.2) is 0 Å². The predicted octanol–water partition coefficient (Wildman–Crippen LogP) is 6.88. The van der Waals surface area contributed by atoms with Crippen molar-refractivity contribution < 1.29 is 14.2 Å². The Hall–Kier alpha value is -2.52. The number of anilines is 1. The summed E-state index contributed by atoms with van der Waals surface area (Å²) in [5.41, 5.74) is 3.27. The van der Waals surface area contributed by atoms with Crippen molar-refractivity contribution in [3.8, 4) is 28.6 Å². The van der Waals surface area contributed by atoms with Gasteiger partial charge in [-0.15, -0.1) is 10.2 Å². The first-order valence-electron chi connectivity index (χ1n) is 11.5. The number of benzene rings is 2. The third kappa shape index (κ3) is 5.58. The molecular weight excluding hydrogens is 516 g/mol. The first-order chi connectivity index (χ1) is 16.6. The Kier molecular flexibility index (Phi) is 8.50. The molecule has 0 radical (unpaired) electrons. The number of hydrogen-bond donors (Lipinski definition) is 1. The van der Waals surface area contributed by atoms with Crippen molar-refractivity contribution in [2.24, 2.45) is 0 Å². The van der Waals surface area contributed by atoms with Crippen LogP contribution in [-0.2, 0) is 0 Å². The fourth-order valence-corrected chi connectivity index (χ4v) is 5.03. The largest absolute Gasteiger partial charge is 0.493 e. The molecule has 0 saturated carbocycles. The van der Waals surface area contributed by atoms with Gasteiger partial charge in [-0.2, -0.15) is 4.98 Å². The second-order valence-electron chi connectivity index (χ2n) is 7.80. The molecule has 0 saturated heterocycles. The normalized spacial score (nSPS) is 14.3. The number of ether oxygens (including phenoxy) is 3. The summed E-state index contributed by atoms with van der Waals surface area (Å²) >= 11 is 5.29. The van der Waals surface area contributed by atoms with Crippen LogP contribution in [0.2, 0.25) is 0 Å². The minimum Gasteiger partial charge on any atom is -0.493 e. The fourth-order valence-electron chi connectivity index (χ4n) is 3.72. The molecule has 2 heterocycles. The summed E-state index contributed by atoms with van der Waals surface area (Å²) in [6, 6.07) is 11.8. The molecule has 1 atom stereocenters. The third-order valence-electron chi connectivity index (χ3n) is 5.43. The van der Waals surface area contributed by atoms with Crippen LogP contribution in [0.1, 0.15) is 51.3 Å². The van der Waals surface area contributed by atoms with Crippen molar-refractivity contribution in [3.63, 3.8) is 0 Å². The van der Waals surface area contributed by atoms with Crippen LogP contribution in [0.25, 0.3) is 11.3 Å². The van der Waals surface area contributed by atoms with Crippen molar-refractivity contribution in [2.75, 3.05) is 24.8 Å². The second-order valence-corrected chi connectivity index (χ2v) is 9.72. The maximum absolute atomic E-state index is 6.43. The lowest BCUT2D eigenvalue weighted by Gasteiger charge is -2.22. The highest BCUT2D eigenvalue weighted by Crippen LogP contribution is 2.43. The van der Waals surface area contributed by atoms with E-state index in [9.17, 15) is 0 Å². The number of rotatable bonds is 10. The van der Waals surface area contributed by atoms with Crippen molar-refractivity contribution in [2.45, 2.75) is 50.9 Å². The van der Waals surface area contributed by atoms with Gasteiger partial charge < -0.3 is 19.5 Å². The Bertz CT molecular complexity index is 1130. The van der Waals surface area contributed by atoms with Crippen LogP contribution >= 0.6 is 27.7 Å². The van der Waals surface area contributed by atoms with E-state index in [4.69, 9.17) is 19.2 Å². The molecule has 1 aliphatic heterocycles. The summed E-state index contributed by atoms with van der Waals surface area (Å²) < 4.78 is 18.6. The van der Waals surface area contributed by atoms with Crippen LogP contribution in [0.15, 0.2) is 46.0 Å². The molecular formula is C25H29BrN4O3S. The van der Waals surface area contributed by atoms with Crippen LogP contribution < -0.4 is 19.5 Å². The molecule has 2 aromatic carbocycles. The number of nitrogens with one attached hydrogen (secondary N) is 1. The minimum absolute atomic E-state index is 0.453. The molecule has 9 heteroatoms. The smallest absolute Gasteiger partial charge is 0.247 e. The standard InChI is InChI=1S/C25H29BrN4O3S/c1-4-6-7-10-13-34-25-28-24-22(29-30-25)16-11-8-9-12-19(16)27-23(33-24)17-14-21(32-5-2)20(31-3)15-18(17)26/h8-9,11-12,14-15,23,27H,4-7,10,13H2,1-3H3. The second kappa shape index (κ2) is 11.8. The lowest BCUT2D eigenvalue weighted by molar-refractivity contribution is 0.223. The summed E-state index contributed by atoms with van der Waals surface area (Å²) in [5.74, 6) is 2.71. The average molecular weight is 546 g/mol. The molecule has 0 fully saturated rings. The molecule has 0 spiro atoms. The quantitative estimate of drug-likeness (QED) is 0.218.